The lowest BCUT2D eigenvalue weighted by Crippen LogP contribution is -2.47. The molecule has 1 saturated heterocycles. The van der Waals surface area contributed by atoms with Gasteiger partial charge < -0.3 is 14.6 Å². The average Bonchev–Trinajstić information content (AvgIpc) is 3.75. The molecule has 3 aromatic carbocycles. The van der Waals surface area contributed by atoms with Crippen LogP contribution in [0.3, 0.4) is 0 Å². The van der Waals surface area contributed by atoms with E-state index < -0.39 is 15.9 Å². The molecule has 0 unspecified atom stereocenters. The van der Waals surface area contributed by atoms with Crippen LogP contribution in [0.2, 0.25) is 5.02 Å². The van der Waals surface area contributed by atoms with Gasteiger partial charge in [0, 0.05) is 61.1 Å². The van der Waals surface area contributed by atoms with Gasteiger partial charge in [-0.3, -0.25) is 9.69 Å². The summed E-state index contributed by atoms with van der Waals surface area (Å²) < 4.78 is 36.2. The molecule has 1 fully saturated rings. The Morgan fingerprint density at radius 2 is 1.48 bits per heavy atom. The van der Waals surface area contributed by atoms with E-state index in [-0.39, 0.29) is 21.6 Å². The Labute approximate surface area is 378 Å². The zero-order valence-electron chi connectivity index (χ0n) is 39.8. The fourth-order valence-electron chi connectivity index (χ4n) is 7.88. The van der Waals surface area contributed by atoms with E-state index in [9.17, 15) is 13.2 Å². The van der Waals surface area contributed by atoms with Gasteiger partial charge in [0.15, 0.2) is 0 Å². The van der Waals surface area contributed by atoms with Crippen LogP contribution in [0.1, 0.15) is 127 Å². The SMILES string of the molecule is CC.CC.CC.CC.Cc1cc(C)c(S(=O)(=O)NC(=O)c2ccc(N3CCN(CC4=C(c5ccc(Cl)cc5)CC(C)(C)CC4)CC3)cc2Oc2cnc3[nH]ccc3c2)c(C)c1C. The molecule has 1 amide bonds. The maximum atomic E-state index is 13.9. The Morgan fingerprint density at radius 3 is 2.13 bits per heavy atom. The summed E-state index contributed by atoms with van der Waals surface area (Å²) in [5.74, 6) is -0.0906. The molecular formula is C51H72ClN5O4S. The molecule has 11 heteroatoms. The Morgan fingerprint density at radius 1 is 0.839 bits per heavy atom. The number of pyridine rings is 1. The molecule has 0 bridgehead atoms. The van der Waals surface area contributed by atoms with Crippen molar-refractivity contribution in [2.75, 3.05) is 37.6 Å². The molecule has 0 spiro atoms. The molecule has 5 aromatic rings. The van der Waals surface area contributed by atoms with Gasteiger partial charge in [0.2, 0.25) is 0 Å². The van der Waals surface area contributed by atoms with Crippen molar-refractivity contribution < 1.29 is 17.9 Å². The number of sulfonamides is 1. The number of aromatic amines is 1. The highest BCUT2D eigenvalue weighted by Crippen LogP contribution is 2.43. The zero-order valence-corrected chi connectivity index (χ0v) is 41.4. The molecule has 2 aliphatic rings. The van der Waals surface area contributed by atoms with Gasteiger partial charge in [0.05, 0.1) is 16.7 Å². The molecule has 7 rings (SSSR count). The molecule has 9 nitrogen and oxygen atoms in total. The Hall–Kier alpha value is -4.64. The van der Waals surface area contributed by atoms with Crippen LogP contribution in [0, 0.1) is 33.1 Å². The number of hydrogen-bond donors (Lipinski definition) is 2. The summed E-state index contributed by atoms with van der Waals surface area (Å²) >= 11 is 6.24. The topological polar surface area (TPSA) is 108 Å². The number of fused-ring (bicyclic) bond motifs is 1. The van der Waals surface area contributed by atoms with E-state index in [4.69, 9.17) is 16.3 Å². The predicted octanol–water partition coefficient (Wildman–Crippen LogP) is 13.3. The van der Waals surface area contributed by atoms with Gasteiger partial charge in [-0.05, 0) is 122 Å². The fourth-order valence-corrected chi connectivity index (χ4v) is 9.50. The smallest absolute Gasteiger partial charge is 0.268 e. The second kappa shape index (κ2) is 23.7. The number of nitrogens with one attached hydrogen (secondary N) is 2. The van der Waals surface area contributed by atoms with Crippen LogP contribution in [0.25, 0.3) is 16.6 Å². The van der Waals surface area contributed by atoms with Crippen LogP contribution in [0.15, 0.2) is 83.5 Å². The Balaban J connectivity index is 0.00000121. The lowest BCUT2D eigenvalue weighted by molar-refractivity contribution is 0.0979. The van der Waals surface area contributed by atoms with E-state index in [1.165, 1.54) is 23.1 Å². The van der Waals surface area contributed by atoms with E-state index in [2.05, 4.69) is 50.5 Å². The number of aryl methyl sites for hydroxylation is 2. The number of carbonyl (C=O) groups excluding carboxylic acids is 1. The van der Waals surface area contributed by atoms with Crippen LogP contribution < -0.4 is 14.4 Å². The van der Waals surface area contributed by atoms with Crippen molar-refractivity contribution in [2.24, 2.45) is 5.41 Å². The molecule has 2 N–H and O–H groups in total. The largest absolute Gasteiger partial charge is 0.455 e. The summed E-state index contributed by atoms with van der Waals surface area (Å²) in [6.07, 6.45) is 6.68. The van der Waals surface area contributed by atoms with E-state index in [1.54, 1.807) is 32.3 Å². The summed E-state index contributed by atoms with van der Waals surface area (Å²) in [4.78, 5) is 26.3. The number of hydrogen-bond acceptors (Lipinski definition) is 7. The van der Waals surface area contributed by atoms with Gasteiger partial charge in [0.25, 0.3) is 15.9 Å². The average molecular weight is 887 g/mol. The maximum absolute atomic E-state index is 13.9. The Bertz CT molecular complexity index is 2380. The molecule has 2 aromatic heterocycles. The summed E-state index contributed by atoms with van der Waals surface area (Å²) in [6.45, 7) is 32.3. The minimum atomic E-state index is -4.20. The molecule has 1 aliphatic heterocycles. The Kier molecular flexibility index (Phi) is 19.8. The third-order valence-corrected chi connectivity index (χ3v) is 13.0. The van der Waals surface area contributed by atoms with Crippen molar-refractivity contribution in [1.29, 1.82) is 0 Å². The molecular weight excluding hydrogens is 814 g/mol. The first-order valence-corrected chi connectivity index (χ1v) is 24.4. The highest BCUT2D eigenvalue weighted by atomic mass is 35.5. The minimum absolute atomic E-state index is 0.108. The van der Waals surface area contributed by atoms with Crippen molar-refractivity contribution in [3.05, 3.63) is 117 Å². The number of anilines is 1. The highest BCUT2D eigenvalue weighted by molar-refractivity contribution is 7.90. The standard InChI is InChI=1S/C43H48ClN5O4S.4C2H6/c1-27-21-28(2)40(30(4)29(27)3)54(51,52)47-42(50)37-12-11-35(23-39(37)53-36-22-32-14-16-45-41(32)46-25-36)49-19-17-48(18-20-49)26-33-13-15-43(5,6)24-38(33)31-7-9-34(44)10-8-31;4*1-2/h7-12,14,16,21-23,25H,13,15,17-20,24,26H2,1-6H3,(H,45,46)(H,47,50);4*1-2H3. The maximum Gasteiger partial charge on any atom is 0.268 e. The quantitative estimate of drug-likeness (QED) is 0.152. The lowest BCUT2D eigenvalue weighted by atomic mass is 9.72. The van der Waals surface area contributed by atoms with Gasteiger partial charge in [-0.2, -0.15) is 0 Å². The van der Waals surface area contributed by atoms with Crippen LogP contribution in [-0.2, 0) is 10.0 Å². The van der Waals surface area contributed by atoms with Crippen molar-refractivity contribution in [1.82, 2.24) is 19.6 Å². The zero-order chi connectivity index (χ0) is 46.4. The van der Waals surface area contributed by atoms with Crippen molar-refractivity contribution in [3.8, 4) is 11.5 Å². The normalized spacial score (nSPS) is 14.8. The number of rotatable bonds is 9. The van der Waals surface area contributed by atoms with Gasteiger partial charge in [0.1, 0.15) is 17.1 Å². The third kappa shape index (κ3) is 12.7. The van der Waals surface area contributed by atoms with Gasteiger partial charge in [-0.25, -0.2) is 18.1 Å². The van der Waals surface area contributed by atoms with Crippen LogP contribution in [0.5, 0.6) is 11.5 Å². The number of H-pyrrole nitrogens is 1. The molecule has 62 heavy (non-hydrogen) atoms. The number of ether oxygens (including phenoxy) is 1. The minimum Gasteiger partial charge on any atom is -0.455 e. The van der Waals surface area contributed by atoms with Crippen molar-refractivity contribution in [2.45, 2.75) is 121 Å². The van der Waals surface area contributed by atoms with Crippen LogP contribution >= 0.6 is 11.6 Å². The summed E-state index contributed by atoms with van der Waals surface area (Å²) in [7, 11) is -4.20. The first-order chi connectivity index (χ1) is 29.7. The summed E-state index contributed by atoms with van der Waals surface area (Å²) in [6, 6.07) is 19.2. The van der Waals surface area contributed by atoms with Gasteiger partial charge in [-0.1, -0.05) is 105 Å². The number of piperazine rings is 1. The number of allylic oxidation sites excluding steroid dienone is 1. The summed E-state index contributed by atoms with van der Waals surface area (Å²) in [5, 5.41) is 1.60. The number of carbonyl (C=O) groups is 1. The second-order valence-electron chi connectivity index (χ2n) is 15.6. The highest BCUT2D eigenvalue weighted by Gasteiger charge is 2.30. The lowest BCUT2D eigenvalue weighted by Gasteiger charge is -2.39. The van der Waals surface area contributed by atoms with Crippen LogP contribution in [0.4, 0.5) is 5.69 Å². The second-order valence-corrected chi connectivity index (χ2v) is 17.6. The molecule has 0 radical (unpaired) electrons. The van der Waals surface area contributed by atoms with Gasteiger partial charge >= 0.3 is 0 Å². The van der Waals surface area contributed by atoms with E-state index in [0.717, 1.165) is 72.8 Å². The van der Waals surface area contributed by atoms with Gasteiger partial charge in [-0.15, -0.1) is 0 Å². The number of nitrogens with zero attached hydrogens (tertiary/aromatic N) is 3. The molecule has 3 heterocycles. The van der Waals surface area contributed by atoms with Crippen molar-refractivity contribution >= 4 is 49.8 Å². The molecule has 338 valence electrons. The molecule has 0 saturated carbocycles. The van der Waals surface area contributed by atoms with E-state index >= 15 is 0 Å². The van der Waals surface area contributed by atoms with E-state index in [1.807, 2.05) is 112 Å². The number of benzene rings is 3. The first kappa shape index (κ1) is 51.7. The number of halogens is 1. The van der Waals surface area contributed by atoms with Crippen molar-refractivity contribution in [3.63, 3.8) is 0 Å². The fraction of sp³-hybridized carbons (Fsp3) is 0.451. The monoisotopic (exact) mass is 885 g/mol. The predicted molar refractivity (Wildman–Crippen MR) is 263 cm³/mol. The third-order valence-electron chi connectivity index (χ3n) is 11.1. The number of amides is 1. The number of aromatic nitrogens is 2. The molecule has 0 atom stereocenters. The summed E-state index contributed by atoms with van der Waals surface area (Å²) in [5.41, 5.74) is 9.24. The van der Waals surface area contributed by atoms with E-state index in [0.29, 0.717) is 22.5 Å². The van der Waals surface area contributed by atoms with Crippen LogP contribution in [-0.4, -0.2) is 61.9 Å². The first-order valence-electron chi connectivity index (χ1n) is 22.5. The molecule has 1 aliphatic carbocycles.